The fourth-order valence-corrected chi connectivity index (χ4v) is 3.41. The van der Waals surface area contributed by atoms with Crippen LogP contribution in [0.25, 0.3) is 6.08 Å². The first-order valence-corrected chi connectivity index (χ1v) is 9.99. The summed E-state index contributed by atoms with van der Waals surface area (Å²) in [5.74, 6) is 0.171. The first-order chi connectivity index (χ1) is 13.7. The van der Waals surface area contributed by atoms with E-state index in [0.29, 0.717) is 18.9 Å². The number of nitrogens with one attached hydrogen (secondary N) is 1. The minimum Gasteiger partial charge on any atom is -0.457 e. The molecule has 3 heterocycles. The Balaban J connectivity index is 1.65. The summed E-state index contributed by atoms with van der Waals surface area (Å²) >= 11 is 0. The maximum absolute atomic E-state index is 12.5. The third kappa shape index (κ3) is 6.01. The van der Waals surface area contributed by atoms with Crippen molar-refractivity contribution in [3.05, 3.63) is 29.5 Å². The molecule has 8 heteroatoms. The molecule has 29 heavy (non-hydrogen) atoms. The molecule has 1 aromatic heterocycles. The van der Waals surface area contributed by atoms with Crippen LogP contribution in [0.1, 0.15) is 38.8 Å². The van der Waals surface area contributed by atoms with Crippen LogP contribution in [0.5, 0.6) is 0 Å². The van der Waals surface area contributed by atoms with Gasteiger partial charge in [-0.3, -0.25) is 10.2 Å². The summed E-state index contributed by atoms with van der Waals surface area (Å²) in [5.41, 5.74) is 1.18. The summed E-state index contributed by atoms with van der Waals surface area (Å²) < 4.78 is 10.7. The van der Waals surface area contributed by atoms with Crippen molar-refractivity contribution in [2.75, 3.05) is 38.2 Å². The van der Waals surface area contributed by atoms with Gasteiger partial charge in [0.05, 0.1) is 19.8 Å². The van der Waals surface area contributed by atoms with Gasteiger partial charge in [-0.25, -0.2) is 14.6 Å². The Morgan fingerprint density at radius 3 is 2.79 bits per heavy atom. The number of aromatic nitrogens is 1. The van der Waals surface area contributed by atoms with Crippen molar-refractivity contribution in [3.8, 4) is 0 Å². The third-order valence-corrected chi connectivity index (χ3v) is 4.83. The summed E-state index contributed by atoms with van der Waals surface area (Å²) in [6.07, 6.45) is 4.71. The zero-order valence-electron chi connectivity index (χ0n) is 17.6. The van der Waals surface area contributed by atoms with E-state index < -0.39 is 11.6 Å². The number of hydrogen-bond donors (Lipinski definition) is 1. The maximum Gasteiger partial charge on any atom is 0.331 e. The van der Waals surface area contributed by atoms with Crippen LogP contribution in [0.3, 0.4) is 0 Å². The number of carbonyl (C=O) groups excluding carboxylic acids is 2. The average Bonchev–Trinajstić information content (AvgIpc) is 2.66. The van der Waals surface area contributed by atoms with Crippen LogP contribution in [0.4, 0.5) is 10.6 Å². The minimum atomic E-state index is -0.530. The van der Waals surface area contributed by atoms with Gasteiger partial charge >= 0.3 is 12.0 Å². The normalized spacial score (nSPS) is 19.0. The lowest BCUT2D eigenvalue weighted by Gasteiger charge is -2.37. The van der Waals surface area contributed by atoms with Crippen LogP contribution < -0.4 is 5.32 Å². The maximum atomic E-state index is 12.5. The number of amides is 2. The van der Waals surface area contributed by atoms with Gasteiger partial charge < -0.3 is 14.4 Å². The highest BCUT2D eigenvalue weighted by atomic mass is 16.6. The summed E-state index contributed by atoms with van der Waals surface area (Å²) in [6, 6.07) is 2.05. The predicted molar refractivity (Wildman–Crippen MR) is 110 cm³/mol. The molecule has 1 unspecified atom stereocenters. The average molecular weight is 402 g/mol. The molecule has 0 saturated carbocycles. The van der Waals surface area contributed by atoms with Crippen molar-refractivity contribution >= 4 is 23.9 Å². The van der Waals surface area contributed by atoms with Gasteiger partial charge in [0, 0.05) is 43.5 Å². The number of urea groups is 1. The second-order valence-corrected chi connectivity index (χ2v) is 8.45. The highest BCUT2D eigenvalue weighted by Crippen LogP contribution is 2.23. The Labute approximate surface area is 171 Å². The quantitative estimate of drug-likeness (QED) is 0.602. The van der Waals surface area contributed by atoms with E-state index in [9.17, 15) is 9.59 Å². The van der Waals surface area contributed by atoms with Gasteiger partial charge in [-0.2, -0.15) is 0 Å². The third-order valence-electron chi connectivity index (χ3n) is 4.83. The van der Waals surface area contributed by atoms with Crippen molar-refractivity contribution < 1.29 is 19.1 Å². The SMILES string of the molecule is CC(CN1Cc2cc(/C=C/C(=O)OC(C)(C)C)cnc2NC1=O)N1CCOCC1. The fourth-order valence-electron chi connectivity index (χ4n) is 3.41. The molecule has 1 atom stereocenters. The number of fused-ring (bicyclic) bond motifs is 1. The number of hydrogen-bond acceptors (Lipinski definition) is 6. The van der Waals surface area contributed by atoms with E-state index in [1.165, 1.54) is 6.08 Å². The number of carbonyl (C=O) groups is 2. The van der Waals surface area contributed by atoms with Crippen LogP contribution >= 0.6 is 0 Å². The molecule has 158 valence electrons. The first-order valence-electron chi connectivity index (χ1n) is 9.99. The van der Waals surface area contributed by atoms with Crippen LogP contribution in [0.2, 0.25) is 0 Å². The van der Waals surface area contributed by atoms with E-state index in [1.807, 2.05) is 26.8 Å². The molecule has 0 bridgehead atoms. The molecule has 1 saturated heterocycles. The van der Waals surface area contributed by atoms with Crippen molar-refractivity contribution in [2.45, 2.75) is 45.9 Å². The molecule has 1 aromatic rings. The van der Waals surface area contributed by atoms with E-state index in [0.717, 1.165) is 37.4 Å². The molecule has 1 N–H and O–H groups in total. The Kier molecular flexibility index (Phi) is 6.54. The smallest absolute Gasteiger partial charge is 0.331 e. The molecule has 0 radical (unpaired) electrons. The van der Waals surface area contributed by atoms with Gasteiger partial charge in [-0.15, -0.1) is 0 Å². The monoisotopic (exact) mass is 402 g/mol. The number of esters is 1. The van der Waals surface area contributed by atoms with Crippen molar-refractivity contribution in [3.63, 3.8) is 0 Å². The van der Waals surface area contributed by atoms with Crippen molar-refractivity contribution in [1.82, 2.24) is 14.8 Å². The lowest BCUT2D eigenvalue weighted by atomic mass is 10.1. The van der Waals surface area contributed by atoms with Crippen LogP contribution in [0, 0.1) is 0 Å². The van der Waals surface area contributed by atoms with Crippen molar-refractivity contribution in [1.29, 1.82) is 0 Å². The zero-order valence-corrected chi connectivity index (χ0v) is 17.6. The number of pyridine rings is 1. The Morgan fingerprint density at radius 2 is 2.10 bits per heavy atom. The standard InChI is InChI=1S/C21H30N4O4/c1-15(24-7-9-28-10-8-24)13-25-14-17-11-16(12-22-19(17)23-20(25)27)5-6-18(26)29-21(2,3)4/h5-6,11-12,15H,7-10,13-14H2,1-4H3,(H,22,23,27)/b6-5+. The number of rotatable bonds is 5. The van der Waals surface area contributed by atoms with Gasteiger partial charge in [-0.1, -0.05) is 0 Å². The molecule has 3 rings (SSSR count). The fraction of sp³-hybridized carbons (Fsp3) is 0.571. The molecule has 2 amide bonds. The Bertz CT molecular complexity index is 781. The van der Waals surface area contributed by atoms with Gasteiger partial charge in [-0.05, 0) is 45.4 Å². The highest BCUT2D eigenvalue weighted by molar-refractivity contribution is 5.91. The van der Waals surface area contributed by atoms with Crippen LogP contribution in [-0.2, 0) is 20.8 Å². The molecule has 2 aliphatic heterocycles. The summed E-state index contributed by atoms with van der Waals surface area (Å²) in [5, 5.41) is 2.86. The molecule has 0 spiro atoms. The second-order valence-electron chi connectivity index (χ2n) is 8.45. The molecule has 1 fully saturated rings. The van der Waals surface area contributed by atoms with Gasteiger partial charge in [0.2, 0.25) is 0 Å². The highest BCUT2D eigenvalue weighted by Gasteiger charge is 2.27. The predicted octanol–water partition coefficient (Wildman–Crippen LogP) is 2.50. The van der Waals surface area contributed by atoms with E-state index in [1.54, 1.807) is 17.2 Å². The van der Waals surface area contributed by atoms with Gasteiger partial charge in [0.15, 0.2) is 0 Å². The Morgan fingerprint density at radius 1 is 1.38 bits per heavy atom. The molecule has 0 aromatic carbocycles. The number of morpholine rings is 1. The number of ether oxygens (including phenoxy) is 2. The van der Waals surface area contributed by atoms with Crippen LogP contribution in [0.15, 0.2) is 18.3 Å². The minimum absolute atomic E-state index is 0.137. The topological polar surface area (TPSA) is 84.0 Å². The summed E-state index contributed by atoms with van der Waals surface area (Å²) in [7, 11) is 0. The van der Waals surface area contributed by atoms with Gasteiger partial charge in [0.1, 0.15) is 11.4 Å². The zero-order chi connectivity index (χ0) is 21.0. The molecule has 2 aliphatic rings. The van der Waals surface area contributed by atoms with E-state index in [4.69, 9.17) is 9.47 Å². The van der Waals surface area contributed by atoms with Gasteiger partial charge in [0.25, 0.3) is 0 Å². The summed E-state index contributed by atoms with van der Waals surface area (Å²) in [6.45, 7) is 12.0. The van der Waals surface area contributed by atoms with E-state index in [-0.39, 0.29) is 12.1 Å². The molecule has 0 aliphatic carbocycles. The second kappa shape index (κ2) is 8.92. The van der Waals surface area contributed by atoms with Crippen LogP contribution in [-0.4, -0.2) is 71.3 Å². The lowest BCUT2D eigenvalue weighted by Crippen LogP contribution is -2.50. The van der Waals surface area contributed by atoms with Crippen molar-refractivity contribution in [2.24, 2.45) is 0 Å². The largest absolute Gasteiger partial charge is 0.457 e. The first kappa shape index (κ1) is 21.3. The number of anilines is 1. The molecular formula is C21H30N4O4. The lowest BCUT2D eigenvalue weighted by molar-refractivity contribution is -0.148. The number of nitrogens with zero attached hydrogens (tertiary/aromatic N) is 3. The molecular weight excluding hydrogens is 372 g/mol. The summed E-state index contributed by atoms with van der Waals surface area (Å²) in [4.78, 5) is 32.8. The Hall–Kier alpha value is -2.45. The van der Waals surface area contributed by atoms with E-state index >= 15 is 0 Å². The molecule has 8 nitrogen and oxygen atoms in total. The van der Waals surface area contributed by atoms with E-state index in [2.05, 4.69) is 22.1 Å².